The number of nitrogens with zero attached hydrogens (tertiary/aromatic N) is 2. The summed E-state index contributed by atoms with van der Waals surface area (Å²) in [5, 5.41) is 3.22. The maximum absolute atomic E-state index is 13.9. The smallest absolute Gasteiger partial charge is 0.264 e. The van der Waals surface area contributed by atoms with E-state index in [2.05, 4.69) is 5.32 Å². The van der Waals surface area contributed by atoms with Crippen LogP contribution in [0.1, 0.15) is 31.4 Å². The first-order chi connectivity index (χ1) is 18.6. The highest BCUT2D eigenvalue weighted by atomic mass is 35.5. The molecular formula is C29H34ClN3O5S. The summed E-state index contributed by atoms with van der Waals surface area (Å²) in [5.74, 6) is -0.247. The molecular weight excluding hydrogens is 538 g/mol. The van der Waals surface area contributed by atoms with Gasteiger partial charge < -0.3 is 15.0 Å². The second-order valence-corrected chi connectivity index (χ2v) is 11.4. The minimum absolute atomic E-state index is 0.00367. The van der Waals surface area contributed by atoms with Gasteiger partial charge in [-0.2, -0.15) is 0 Å². The van der Waals surface area contributed by atoms with Gasteiger partial charge in [-0.1, -0.05) is 48.9 Å². The van der Waals surface area contributed by atoms with Crippen LogP contribution in [0.25, 0.3) is 0 Å². The van der Waals surface area contributed by atoms with Crippen molar-refractivity contribution < 1.29 is 22.7 Å². The molecule has 0 aliphatic heterocycles. The summed E-state index contributed by atoms with van der Waals surface area (Å²) in [7, 11) is -2.61. The number of halogens is 1. The molecule has 1 N–H and O–H groups in total. The van der Waals surface area contributed by atoms with Gasteiger partial charge in [0, 0.05) is 18.1 Å². The number of aryl methyl sites for hydroxylation is 1. The van der Waals surface area contributed by atoms with Gasteiger partial charge in [0.2, 0.25) is 11.8 Å². The van der Waals surface area contributed by atoms with Crippen molar-refractivity contribution in [3.8, 4) is 5.75 Å². The Morgan fingerprint density at radius 3 is 2.36 bits per heavy atom. The topological polar surface area (TPSA) is 96.0 Å². The van der Waals surface area contributed by atoms with Gasteiger partial charge >= 0.3 is 0 Å². The molecule has 39 heavy (non-hydrogen) atoms. The van der Waals surface area contributed by atoms with Crippen molar-refractivity contribution in [2.45, 2.75) is 44.7 Å². The summed E-state index contributed by atoms with van der Waals surface area (Å²) in [6.45, 7) is 5.38. The Morgan fingerprint density at radius 1 is 1.03 bits per heavy atom. The zero-order valence-electron chi connectivity index (χ0n) is 22.6. The third kappa shape index (κ3) is 7.52. The van der Waals surface area contributed by atoms with Crippen LogP contribution in [0.4, 0.5) is 5.69 Å². The number of amides is 2. The van der Waals surface area contributed by atoms with Crippen LogP contribution in [0.15, 0.2) is 77.7 Å². The molecule has 0 fully saturated rings. The number of hydrogen-bond donors (Lipinski definition) is 1. The zero-order valence-corrected chi connectivity index (χ0v) is 24.1. The third-order valence-electron chi connectivity index (χ3n) is 6.27. The number of carbonyl (C=O) groups is 2. The van der Waals surface area contributed by atoms with Gasteiger partial charge in [0.1, 0.15) is 18.3 Å². The van der Waals surface area contributed by atoms with Crippen molar-refractivity contribution in [1.29, 1.82) is 0 Å². The van der Waals surface area contributed by atoms with Gasteiger partial charge in [-0.05, 0) is 73.9 Å². The summed E-state index contributed by atoms with van der Waals surface area (Å²) in [5.41, 5.74) is 1.78. The Balaban J connectivity index is 2.03. The Kier molecular flexibility index (Phi) is 10.4. The SMILES string of the molecule is CCCNC(=O)[C@H](C)N(Cc1cccc(OC)c1)C(=O)CN(c1ccccc1C)S(=O)(=O)c1ccc(Cl)cc1. The molecule has 0 radical (unpaired) electrons. The number of nitrogens with one attached hydrogen (secondary N) is 1. The van der Waals surface area contributed by atoms with E-state index in [1.165, 1.54) is 29.2 Å². The molecule has 0 saturated heterocycles. The van der Waals surface area contributed by atoms with Gasteiger partial charge in [0.25, 0.3) is 10.0 Å². The quantitative estimate of drug-likeness (QED) is 0.337. The predicted molar refractivity (Wildman–Crippen MR) is 153 cm³/mol. The van der Waals surface area contributed by atoms with Crippen molar-refractivity contribution in [3.05, 3.63) is 88.9 Å². The Hall–Kier alpha value is -3.56. The van der Waals surface area contributed by atoms with E-state index in [1.807, 2.05) is 13.0 Å². The highest BCUT2D eigenvalue weighted by Crippen LogP contribution is 2.28. The van der Waals surface area contributed by atoms with E-state index in [9.17, 15) is 18.0 Å². The van der Waals surface area contributed by atoms with E-state index in [0.29, 0.717) is 28.6 Å². The second-order valence-electron chi connectivity index (χ2n) is 9.09. The number of carbonyl (C=O) groups excluding carboxylic acids is 2. The zero-order chi connectivity index (χ0) is 28.6. The van der Waals surface area contributed by atoms with E-state index in [4.69, 9.17) is 16.3 Å². The van der Waals surface area contributed by atoms with Crippen molar-refractivity contribution in [2.24, 2.45) is 0 Å². The average Bonchev–Trinajstić information content (AvgIpc) is 2.93. The molecule has 0 unspecified atom stereocenters. The molecule has 2 amide bonds. The molecule has 3 aromatic carbocycles. The van der Waals surface area contributed by atoms with E-state index in [-0.39, 0.29) is 17.3 Å². The number of anilines is 1. The van der Waals surface area contributed by atoms with Crippen molar-refractivity contribution in [2.75, 3.05) is 24.5 Å². The molecule has 208 valence electrons. The maximum atomic E-state index is 13.9. The average molecular weight is 572 g/mol. The van der Waals surface area contributed by atoms with Crippen LogP contribution in [0.2, 0.25) is 5.02 Å². The Labute approximate surface area is 235 Å². The number of rotatable bonds is 12. The third-order valence-corrected chi connectivity index (χ3v) is 8.29. The summed E-state index contributed by atoms with van der Waals surface area (Å²) in [6, 6.07) is 19.0. The lowest BCUT2D eigenvalue weighted by molar-refractivity contribution is -0.139. The van der Waals surface area contributed by atoms with Gasteiger partial charge in [0.15, 0.2) is 0 Å². The lowest BCUT2D eigenvalue weighted by Crippen LogP contribution is -2.51. The molecule has 3 aromatic rings. The fourth-order valence-corrected chi connectivity index (χ4v) is 5.64. The number of ether oxygens (including phenoxy) is 1. The van der Waals surface area contributed by atoms with E-state index < -0.39 is 28.5 Å². The van der Waals surface area contributed by atoms with Crippen LogP contribution in [-0.2, 0) is 26.2 Å². The first-order valence-corrected chi connectivity index (χ1v) is 14.4. The Bertz CT molecular complexity index is 1400. The monoisotopic (exact) mass is 571 g/mol. The van der Waals surface area contributed by atoms with Crippen molar-refractivity contribution in [3.63, 3.8) is 0 Å². The molecule has 0 aromatic heterocycles. The molecule has 10 heteroatoms. The largest absolute Gasteiger partial charge is 0.497 e. The van der Waals surface area contributed by atoms with Gasteiger partial charge in [-0.15, -0.1) is 0 Å². The van der Waals surface area contributed by atoms with Crippen LogP contribution in [0.5, 0.6) is 5.75 Å². The number of methoxy groups -OCH3 is 1. The second kappa shape index (κ2) is 13.5. The summed E-state index contributed by atoms with van der Waals surface area (Å²) in [6.07, 6.45) is 0.739. The van der Waals surface area contributed by atoms with Crippen molar-refractivity contribution in [1.82, 2.24) is 10.2 Å². The lowest BCUT2D eigenvalue weighted by atomic mass is 10.1. The molecule has 0 saturated carbocycles. The van der Waals surface area contributed by atoms with Crippen LogP contribution in [0, 0.1) is 6.92 Å². The summed E-state index contributed by atoms with van der Waals surface area (Å²) >= 11 is 5.99. The van der Waals surface area contributed by atoms with E-state index >= 15 is 0 Å². The van der Waals surface area contributed by atoms with Crippen LogP contribution < -0.4 is 14.4 Å². The van der Waals surface area contributed by atoms with Gasteiger partial charge in [0.05, 0.1) is 17.7 Å². The molecule has 0 bridgehead atoms. The molecule has 0 heterocycles. The fraction of sp³-hybridized carbons (Fsp3) is 0.310. The Morgan fingerprint density at radius 2 is 1.72 bits per heavy atom. The number of benzene rings is 3. The fourth-order valence-electron chi connectivity index (χ4n) is 4.04. The molecule has 8 nitrogen and oxygen atoms in total. The van der Waals surface area contributed by atoms with Gasteiger partial charge in [-0.3, -0.25) is 13.9 Å². The molecule has 3 rings (SSSR count). The number of sulfonamides is 1. The van der Waals surface area contributed by atoms with E-state index in [0.717, 1.165) is 16.3 Å². The number of hydrogen-bond acceptors (Lipinski definition) is 5. The minimum Gasteiger partial charge on any atom is -0.497 e. The standard InChI is InChI=1S/C29H34ClN3O5S/c1-5-17-31-29(35)22(3)32(19-23-10-8-11-25(18-23)38-4)28(34)20-33(27-12-7-6-9-21(27)2)39(36,37)26-15-13-24(30)14-16-26/h6-16,18,22H,5,17,19-20H2,1-4H3,(H,31,35)/t22-/m0/s1. The molecule has 0 aliphatic carbocycles. The highest BCUT2D eigenvalue weighted by Gasteiger charge is 2.33. The minimum atomic E-state index is -4.16. The molecule has 1 atom stereocenters. The van der Waals surface area contributed by atoms with E-state index in [1.54, 1.807) is 63.4 Å². The van der Waals surface area contributed by atoms with Crippen molar-refractivity contribution >= 4 is 39.1 Å². The summed E-state index contributed by atoms with van der Waals surface area (Å²) < 4.78 is 34.1. The molecule has 0 spiro atoms. The lowest BCUT2D eigenvalue weighted by Gasteiger charge is -2.32. The first kappa shape index (κ1) is 30.0. The van der Waals surface area contributed by atoms with Crippen LogP contribution in [0.3, 0.4) is 0 Å². The maximum Gasteiger partial charge on any atom is 0.264 e. The normalized spacial score (nSPS) is 11.9. The van der Waals surface area contributed by atoms with Crippen LogP contribution in [-0.4, -0.2) is 51.4 Å². The predicted octanol–water partition coefficient (Wildman–Crippen LogP) is 4.80. The first-order valence-electron chi connectivity index (χ1n) is 12.6. The number of para-hydroxylation sites is 1. The van der Waals surface area contributed by atoms with Crippen LogP contribution >= 0.6 is 11.6 Å². The molecule has 0 aliphatic rings. The van der Waals surface area contributed by atoms with Gasteiger partial charge in [-0.25, -0.2) is 8.42 Å². The highest BCUT2D eigenvalue weighted by molar-refractivity contribution is 7.92. The summed E-state index contributed by atoms with van der Waals surface area (Å²) in [4.78, 5) is 28.3.